The third kappa shape index (κ3) is 3.94. The Balaban J connectivity index is 2.31. The van der Waals surface area contributed by atoms with Gasteiger partial charge in [0.15, 0.2) is 9.84 Å². The van der Waals surface area contributed by atoms with Gasteiger partial charge in [-0.2, -0.15) is 0 Å². The van der Waals surface area contributed by atoms with Crippen molar-refractivity contribution in [2.24, 2.45) is 0 Å². The van der Waals surface area contributed by atoms with Crippen LogP contribution in [0.4, 0.5) is 0 Å². The number of nitrogens with zero attached hydrogens (tertiary/aromatic N) is 1. The maximum absolute atomic E-state index is 11.2. The second-order valence-electron chi connectivity index (χ2n) is 3.66. The van der Waals surface area contributed by atoms with Crippen LogP contribution in [0.3, 0.4) is 0 Å². The summed E-state index contributed by atoms with van der Waals surface area (Å²) in [5.74, 6) is 1.75. The largest absolute Gasteiger partial charge is 0.444 e. The quantitative estimate of drug-likeness (QED) is 0.752. The van der Waals surface area contributed by atoms with Crippen LogP contribution >= 0.6 is 0 Å². The molecule has 1 rings (SSSR count). The van der Waals surface area contributed by atoms with Gasteiger partial charge in [0.2, 0.25) is 5.89 Å². The lowest BCUT2D eigenvalue weighted by atomic mass is 10.4. The van der Waals surface area contributed by atoms with Crippen molar-refractivity contribution in [2.45, 2.75) is 27.3 Å². The highest BCUT2D eigenvalue weighted by Crippen LogP contribution is 2.07. The molecular formula is C10H18N2O3S. The fourth-order valence-corrected chi connectivity index (χ4v) is 1.93. The zero-order valence-electron chi connectivity index (χ0n) is 9.91. The van der Waals surface area contributed by atoms with E-state index in [-0.39, 0.29) is 11.5 Å². The Kier molecular flexibility index (Phi) is 4.49. The number of aromatic nitrogens is 1. The van der Waals surface area contributed by atoms with Gasteiger partial charge in [-0.1, -0.05) is 6.92 Å². The highest BCUT2D eigenvalue weighted by molar-refractivity contribution is 7.91. The standard InChI is InChI=1S/C10H18N2O3S/c1-4-16(13,14)6-5-11-7-10-12-8(2)9(3)15-10/h11H,4-7H2,1-3H3. The topological polar surface area (TPSA) is 72.2 Å². The van der Waals surface area contributed by atoms with Crippen molar-refractivity contribution >= 4 is 9.84 Å². The van der Waals surface area contributed by atoms with E-state index in [1.807, 2.05) is 13.8 Å². The van der Waals surface area contributed by atoms with Crippen LogP contribution in [0.2, 0.25) is 0 Å². The number of sulfone groups is 1. The molecule has 0 atom stereocenters. The average molecular weight is 246 g/mol. The number of hydrogen-bond acceptors (Lipinski definition) is 5. The second kappa shape index (κ2) is 5.45. The molecule has 0 fully saturated rings. The van der Waals surface area contributed by atoms with E-state index in [0.29, 0.717) is 19.0 Å². The Morgan fingerprint density at radius 1 is 1.38 bits per heavy atom. The van der Waals surface area contributed by atoms with E-state index in [4.69, 9.17) is 4.42 Å². The summed E-state index contributed by atoms with van der Waals surface area (Å²) in [6, 6.07) is 0. The van der Waals surface area contributed by atoms with Gasteiger partial charge in [0.05, 0.1) is 18.0 Å². The normalized spacial score (nSPS) is 11.9. The highest BCUT2D eigenvalue weighted by atomic mass is 32.2. The molecule has 0 saturated carbocycles. The summed E-state index contributed by atoms with van der Waals surface area (Å²) < 4.78 is 27.7. The van der Waals surface area contributed by atoms with E-state index in [0.717, 1.165) is 11.5 Å². The van der Waals surface area contributed by atoms with Crippen molar-refractivity contribution < 1.29 is 12.8 Å². The van der Waals surface area contributed by atoms with Gasteiger partial charge >= 0.3 is 0 Å². The summed E-state index contributed by atoms with van der Waals surface area (Å²) in [7, 11) is -2.89. The van der Waals surface area contributed by atoms with Crippen LogP contribution in [-0.2, 0) is 16.4 Å². The molecule has 1 aromatic heterocycles. The fraction of sp³-hybridized carbons (Fsp3) is 0.700. The number of rotatable bonds is 6. The van der Waals surface area contributed by atoms with Crippen LogP contribution in [0.5, 0.6) is 0 Å². The minimum Gasteiger partial charge on any atom is -0.444 e. The van der Waals surface area contributed by atoms with Crippen molar-refractivity contribution in [1.82, 2.24) is 10.3 Å². The van der Waals surface area contributed by atoms with Gasteiger partial charge < -0.3 is 9.73 Å². The Morgan fingerprint density at radius 2 is 2.06 bits per heavy atom. The molecule has 6 heteroatoms. The molecule has 92 valence electrons. The number of nitrogens with one attached hydrogen (secondary N) is 1. The molecule has 0 spiro atoms. The minimum atomic E-state index is -2.89. The van der Waals surface area contributed by atoms with Crippen LogP contribution in [-0.4, -0.2) is 31.5 Å². The second-order valence-corrected chi connectivity index (χ2v) is 6.14. The van der Waals surface area contributed by atoms with Crippen LogP contribution in [0.1, 0.15) is 24.3 Å². The van der Waals surface area contributed by atoms with Gasteiger partial charge in [-0.05, 0) is 13.8 Å². The molecule has 1 aromatic rings. The monoisotopic (exact) mass is 246 g/mol. The smallest absolute Gasteiger partial charge is 0.208 e. The summed E-state index contributed by atoms with van der Waals surface area (Å²) in [4.78, 5) is 4.19. The first kappa shape index (κ1) is 13.2. The van der Waals surface area contributed by atoms with Crippen LogP contribution in [0, 0.1) is 13.8 Å². The Labute approximate surface area is 96.2 Å². The van der Waals surface area contributed by atoms with E-state index in [9.17, 15) is 8.42 Å². The molecule has 0 aromatic carbocycles. The highest BCUT2D eigenvalue weighted by Gasteiger charge is 2.08. The minimum absolute atomic E-state index is 0.155. The van der Waals surface area contributed by atoms with Gasteiger partial charge in [-0.15, -0.1) is 0 Å². The molecule has 0 saturated heterocycles. The van der Waals surface area contributed by atoms with Crippen molar-refractivity contribution in [3.8, 4) is 0 Å². The van der Waals surface area contributed by atoms with Crippen LogP contribution in [0.15, 0.2) is 4.42 Å². The average Bonchev–Trinajstić information content (AvgIpc) is 2.54. The molecule has 5 nitrogen and oxygen atoms in total. The van der Waals surface area contributed by atoms with Crippen molar-refractivity contribution in [2.75, 3.05) is 18.1 Å². The summed E-state index contributed by atoms with van der Waals surface area (Å²) in [5, 5.41) is 3.00. The Bertz CT molecular complexity index is 417. The molecule has 1 N–H and O–H groups in total. The summed E-state index contributed by atoms with van der Waals surface area (Å²) >= 11 is 0. The van der Waals surface area contributed by atoms with Crippen molar-refractivity contribution in [3.05, 3.63) is 17.3 Å². The van der Waals surface area contributed by atoms with Crippen molar-refractivity contribution in [1.29, 1.82) is 0 Å². The van der Waals surface area contributed by atoms with Gasteiger partial charge in [0.25, 0.3) is 0 Å². The molecule has 0 radical (unpaired) electrons. The molecular weight excluding hydrogens is 228 g/mol. The first-order valence-corrected chi connectivity index (χ1v) is 7.11. The van der Waals surface area contributed by atoms with E-state index in [1.54, 1.807) is 6.92 Å². The lowest BCUT2D eigenvalue weighted by Gasteiger charge is -2.01. The van der Waals surface area contributed by atoms with E-state index >= 15 is 0 Å². The Morgan fingerprint density at radius 3 is 2.56 bits per heavy atom. The van der Waals surface area contributed by atoms with Gasteiger partial charge in [0.1, 0.15) is 5.76 Å². The van der Waals surface area contributed by atoms with Crippen LogP contribution < -0.4 is 5.32 Å². The predicted octanol–water partition coefficient (Wildman–Crippen LogP) is 0.816. The molecule has 16 heavy (non-hydrogen) atoms. The summed E-state index contributed by atoms with van der Waals surface area (Å²) in [6.07, 6.45) is 0. The third-order valence-corrected chi connectivity index (χ3v) is 4.08. The number of aryl methyl sites for hydroxylation is 2. The number of hydrogen-bond donors (Lipinski definition) is 1. The zero-order valence-corrected chi connectivity index (χ0v) is 10.7. The van der Waals surface area contributed by atoms with Gasteiger partial charge in [-0.3, -0.25) is 0 Å². The molecule has 0 amide bonds. The van der Waals surface area contributed by atoms with Crippen LogP contribution in [0.25, 0.3) is 0 Å². The zero-order chi connectivity index (χ0) is 12.2. The lowest BCUT2D eigenvalue weighted by molar-refractivity contribution is 0.452. The molecule has 0 bridgehead atoms. The van der Waals surface area contributed by atoms with E-state index < -0.39 is 9.84 Å². The third-order valence-electron chi connectivity index (χ3n) is 2.38. The first-order valence-electron chi connectivity index (χ1n) is 5.28. The maximum Gasteiger partial charge on any atom is 0.208 e. The summed E-state index contributed by atoms with van der Waals surface area (Å²) in [5.41, 5.74) is 0.873. The molecule has 0 aliphatic heterocycles. The SMILES string of the molecule is CCS(=O)(=O)CCNCc1nc(C)c(C)o1. The predicted molar refractivity (Wildman–Crippen MR) is 62.0 cm³/mol. The van der Waals surface area contributed by atoms with Gasteiger partial charge in [0, 0.05) is 12.3 Å². The van der Waals surface area contributed by atoms with E-state index in [2.05, 4.69) is 10.3 Å². The maximum atomic E-state index is 11.2. The number of oxazole rings is 1. The molecule has 0 aliphatic carbocycles. The fourth-order valence-electron chi connectivity index (χ4n) is 1.18. The molecule has 1 heterocycles. The Hall–Kier alpha value is -0.880. The van der Waals surface area contributed by atoms with Crippen molar-refractivity contribution in [3.63, 3.8) is 0 Å². The lowest BCUT2D eigenvalue weighted by Crippen LogP contribution is -2.23. The first-order chi connectivity index (χ1) is 7.44. The molecule has 0 aliphatic rings. The summed E-state index contributed by atoms with van der Waals surface area (Å²) in [6.45, 7) is 6.28. The van der Waals surface area contributed by atoms with Gasteiger partial charge in [-0.25, -0.2) is 13.4 Å². The van der Waals surface area contributed by atoms with E-state index in [1.165, 1.54) is 0 Å². The molecule has 0 unspecified atom stereocenters.